The van der Waals surface area contributed by atoms with Crippen LogP contribution in [0.5, 0.6) is 0 Å². The van der Waals surface area contributed by atoms with E-state index in [-0.39, 0.29) is 11.0 Å². The second kappa shape index (κ2) is 3.44. The summed E-state index contributed by atoms with van der Waals surface area (Å²) in [5.41, 5.74) is -0.589. The maximum absolute atomic E-state index is 11.1. The number of rotatable bonds is 1. The predicted octanol–water partition coefficient (Wildman–Crippen LogP) is -0.811. The van der Waals surface area contributed by atoms with Crippen molar-refractivity contribution in [2.24, 2.45) is 7.05 Å². The third-order valence-electron chi connectivity index (χ3n) is 1.26. The highest BCUT2D eigenvalue weighted by Crippen LogP contribution is 2.03. The summed E-state index contributed by atoms with van der Waals surface area (Å²) in [6.07, 6.45) is -0.337. The molecule has 0 saturated heterocycles. The van der Waals surface area contributed by atoms with Crippen LogP contribution in [-0.4, -0.2) is 15.6 Å². The third kappa shape index (κ3) is 2.19. The Labute approximate surface area is 77.8 Å². The summed E-state index contributed by atoms with van der Waals surface area (Å²) in [6, 6.07) is 0. The summed E-state index contributed by atoms with van der Waals surface area (Å²) in [4.78, 5) is 24.7. The van der Waals surface area contributed by atoms with E-state index >= 15 is 0 Å². The van der Waals surface area contributed by atoms with Gasteiger partial charge in [-0.15, -0.1) is 0 Å². The highest BCUT2D eigenvalue weighted by atomic mass is 35.5. The van der Waals surface area contributed by atoms with Gasteiger partial charge in [0.2, 0.25) is 0 Å². The van der Waals surface area contributed by atoms with E-state index < -0.39 is 11.7 Å². The predicted molar refractivity (Wildman–Crippen MR) is 43.5 cm³/mol. The van der Waals surface area contributed by atoms with Crippen LogP contribution in [0.25, 0.3) is 0 Å². The largest absolute Gasteiger partial charge is 0.530 e. The Hall–Kier alpha value is -1.56. The Balaban J connectivity index is 3.21. The van der Waals surface area contributed by atoms with Crippen LogP contribution >= 0.6 is 11.6 Å². The maximum atomic E-state index is 11.1. The Morgan fingerprint density at radius 3 is 2.92 bits per heavy atom. The standard InChI is InChI=1S/C6H6ClN3O3/c1-10-2-3(7)8-4(5(10)11)9-6(12)13/h2H,1H3,(H,8,9)(H,12,13)/p-1. The molecule has 0 aromatic carbocycles. The van der Waals surface area contributed by atoms with Crippen molar-refractivity contribution in [3.63, 3.8) is 0 Å². The van der Waals surface area contributed by atoms with E-state index in [1.54, 1.807) is 5.32 Å². The third-order valence-corrected chi connectivity index (χ3v) is 1.44. The van der Waals surface area contributed by atoms with Gasteiger partial charge in [-0.1, -0.05) is 11.6 Å². The fourth-order valence-corrected chi connectivity index (χ4v) is 0.978. The lowest BCUT2D eigenvalue weighted by molar-refractivity contribution is -0.242. The van der Waals surface area contributed by atoms with Gasteiger partial charge in [0.1, 0.15) is 11.2 Å². The minimum atomic E-state index is -1.60. The molecule has 0 fully saturated rings. The molecule has 0 radical (unpaired) electrons. The average molecular weight is 203 g/mol. The number of halogens is 1. The number of carbonyl (C=O) groups is 1. The van der Waals surface area contributed by atoms with E-state index in [1.165, 1.54) is 13.2 Å². The molecule has 70 valence electrons. The second-order valence-corrected chi connectivity index (χ2v) is 2.63. The van der Waals surface area contributed by atoms with Gasteiger partial charge in [0.25, 0.3) is 5.56 Å². The van der Waals surface area contributed by atoms with E-state index in [1.807, 2.05) is 0 Å². The summed E-state index contributed by atoms with van der Waals surface area (Å²) < 4.78 is 1.11. The molecule has 0 aliphatic heterocycles. The fraction of sp³-hybridized carbons (Fsp3) is 0.167. The number of nitrogens with one attached hydrogen (secondary N) is 1. The first-order valence-corrected chi connectivity index (χ1v) is 3.59. The van der Waals surface area contributed by atoms with Gasteiger partial charge in [0, 0.05) is 13.2 Å². The first kappa shape index (κ1) is 9.53. The molecule has 0 unspecified atom stereocenters. The molecule has 1 heterocycles. The second-order valence-electron chi connectivity index (χ2n) is 2.24. The van der Waals surface area contributed by atoms with Crippen molar-refractivity contribution in [1.82, 2.24) is 9.55 Å². The van der Waals surface area contributed by atoms with Crippen molar-refractivity contribution in [3.05, 3.63) is 21.7 Å². The molecule has 1 aromatic heterocycles. The van der Waals surface area contributed by atoms with Crippen LogP contribution in [0.2, 0.25) is 5.15 Å². The van der Waals surface area contributed by atoms with E-state index in [0.717, 1.165) is 4.57 Å². The molecule has 0 bridgehead atoms. The van der Waals surface area contributed by atoms with Gasteiger partial charge < -0.3 is 19.8 Å². The first-order chi connectivity index (χ1) is 6.00. The van der Waals surface area contributed by atoms with Gasteiger partial charge in [0.15, 0.2) is 5.82 Å². The molecule has 0 aliphatic rings. The number of carboxylic acid groups (broad SMARTS) is 1. The van der Waals surface area contributed by atoms with Crippen molar-refractivity contribution < 1.29 is 9.90 Å². The van der Waals surface area contributed by atoms with Crippen molar-refractivity contribution in [2.75, 3.05) is 5.32 Å². The molecule has 0 spiro atoms. The summed E-state index contributed by atoms with van der Waals surface area (Å²) in [5, 5.41) is 11.8. The van der Waals surface area contributed by atoms with Crippen molar-refractivity contribution >= 4 is 23.5 Å². The fourth-order valence-electron chi connectivity index (χ4n) is 0.747. The highest BCUT2D eigenvalue weighted by Gasteiger charge is 2.04. The molecule has 1 rings (SSSR count). The average Bonchev–Trinajstić information content (AvgIpc) is 1.98. The molecule has 6 nitrogen and oxygen atoms in total. The van der Waals surface area contributed by atoms with Gasteiger partial charge in [-0.3, -0.25) is 4.79 Å². The zero-order valence-corrected chi connectivity index (χ0v) is 7.33. The maximum Gasteiger partial charge on any atom is 0.293 e. The van der Waals surface area contributed by atoms with E-state index in [4.69, 9.17) is 11.6 Å². The van der Waals surface area contributed by atoms with E-state index in [0.29, 0.717) is 0 Å². The zero-order chi connectivity index (χ0) is 10.0. The van der Waals surface area contributed by atoms with Crippen molar-refractivity contribution in [1.29, 1.82) is 0 Å². The van der Waals surface area contributed by atoms with Gasteiger partial charge in [-0.25, -0.2) is 4.98 Å². The summed E-state index contributed by atoms with van der Waals surface area (Å²) in [6.45, 7) is 0. The van der Waals surface area contributed by atoms with Crippen molar-refractivity contribution in [2.45, 2.75) is 0 Å². The Kier molecular flexibility index (Phi) is 2.52. The number of hydrogen-bond donors (Lipinski definition) is 1. The number of aryl methyl sites for hydroxylation is 1. The number of nitrogens with zero attached hydrogens (tertiary/aromatic N) is 2. The molecular formula is C6H5ClN3O3-. The molecular weight excluding hydrogens is 198 g/mol. The van der Waals surface area contributed by atoms with Gasteiger partial charge in [-0.05, 0) is 0 Å². The quantitative estimate of drug-likeness (QED) is 0.645. The van der Waals surface area contributed by atoms with Gasteiger partial charge in [-0.2, -0.15) is 0 Å². The molecule has 13 heavy (non-hydrogen) atoms. The number of carbonyl (C=O) groups excluding carboxylic acids is 1. The lowest BCUT2D eigenvalue weighted by Gasteiger charge is -2.06. The molecule has 1 aromatic rings. The molecule has 0 atom stereocenters. The van der Waals surface area contributed by atoms with Crippen LogP contribution < -0.4 is 16.0 Å². The van der Waals surface area contributed by atoms with Crippen LogP contribution in [0.1, 0.15) is 0 Å². The number of hydrogen-bond acceptors (Lipinski definition) is 4. The normalized spacial score (nSPS) is 9.69. The summed E-state index contributed by atoms with van der Waals surface area (Å²) in [7, 11) is 1.43. The summed E-state index contributed by atoms with van der Waals surface area (Å²) in [5.74, 6) is -0.366. The van der Waals surface area contributed by atoms with E-state index in [2.05, 4.69) is 4.98 Å². The Bertz CT molecular complexity index is 401. The molecule has 1 N–H and O–H groups in total. The summed E-state index contributed by atoms with van der Waals surface area (Å²) >= 11 is 5.48. The van der Waals surface area contributed by atoms with E-state index in [9.17, 15) is 14.7 Å². The minimum Gasteiger partial charge on any atom is -0.530 e. The Morgan fingerprint density at radius 1 is 1.77 bits per heavy atom. The number of anilines is 1. The first-order valence-electron chi connectivity index (χ1n) is 3.22. The SMILES string of the molecule is Cn1cc(Cl)nc(NC(=O)[O-])c1=O. The smallest absolute Gasteiger partial charge is 0.293 e. The zero-order valence-electron chi connectivity index (χ0n) is 6.57. The molecule has 0 aliphatic carbocycles. The van der Waals surface area contributed by atoms with Gasteiger partial charge >= 0.3 is 0 Å². The monoisotopic (exact) mass is 202 g/mol. The molecule has 1 amide bonds. The van der Waals surface area contributed by atoms with Gasteiger partial charge in [0.05, 0.1) is 0 Å². The molecule has 0 saturated carbocycles. The molecule has 7 heteroatoms. The topological polar surface area (TPSA) is 87.1 Å². The number of aromatic nitrogens is 2. The lowest BCUT2D eigenvalue weighted by atomic mass is 10.6. The van der Waals surface area contributed by atoms with Crippen LogP contribution in [0.15, 0.2) is 11.0 Å². The Morgan fingerprint density at radius 2 is 2.38 bits per heavy atom. The van der Waals surface area contributed by atoms with Crippen LogP contribution in [0.4, 0.5) is 10.6 Å². The van der Waals surface area contributed by atoms with Crippen LogP contribution in [-0.2, 0) is 7.05 Å². The number of amides is 1. The van der Waals surface area contributed by atoms with Crippen LogP contribution in [0, 0.1) is 0 Å². The highest BCUT2D eigenvalue weighted by molar-refractivity contribution is 6.29. The minimum absolute atomic E-state index is 0.0193. The van der Waals surface area contributed by atoms with Crippen molar-refractivity contribution in [3.8, 4) is 0 Å². The van der Waals surface area contributed by atoms with Crippen LogP contribution in [0.3, 0.4) is 0 Å². The lowest BCUT2D eigenvalue weighted by Crippen LogP contribution is -2.33.